The molecule has 2 heterocycles. The lowest BCUT2D eigenvalue weighted by atomic mass is 10.1. The smallest absolute Gasteiger partial charge is 0.119 e. The fraction of sp³-hybridized carbons (Fsp3) is 0.421. The van der Waals surface area contributed by atoms with Crippen molar-refractivity contribution < 1.29 is 9.47 Å². The predicted molar refractivity (Wildman–Crippen MR) is 90.4 cm³/mol. The molecule has 4 heteroatoms. The molecule has 1 aliphatic heterocycles. The third-order valence-corrected chi connectivity index (χ3v) is 4.10. The van der Waals surface area contributed by atoms with Gasteiger partial charge in [0.05, 0.1) is 18.4 Å². The lowest BCUT2D eigenvalue weighted by Crippen LogP contribution is -2.37. The molecule has 0 aliphatic carbocycles. The Hall–Kier alpha value is -1.91. The first-order chi connectivity index (χ1) is 11.4. The number of hydrogen-bond donors (Lipinski definition) is 0. The van der Waals surface area contributed by atoms with Gasteiger partial charge in [0, 0.05) is 25.8 Å². The largest absolute Gasteiger partial charge is 0.491 e. The molecule has 4 nitrogen and oxygen atoms in total. The van der Waals surface area contributed by atoms with E-state index in [1.165, 1.54) is 0 Å². The molecule has 23 heavy (non-hydrogen) atoms. The Morgan fingerprint density at radius 1 is 0.957 bits per heavy atom. The Labute approximate surface area is 138 Å². The topological polar surface area (TPSA) is 34.6 Å². The van der Waals surface area contributed by atoms with E-state index >= 15 is 0 Å². The van der Waals surface area contributed by atoms with E-state index in [2.05, 4.69) is 16.0 Å². The highest BCUT2D eigenvalue weighted by Crippen LogP contribution is 2.16. The number of nitrogens with zero attached hydrogens (tertiary/aromatic N) is 2. The van der Waals surface area contributed by atoms with E-state index in [1.807, 2.05) is 48.7 Å². The summed E-state index contributed by atoms with van der Waals surface area (Å²) in [5.74, 6) is 0.904. The van der Waals surface area contributed by atoms with Gasteiger partial charge >= 0.3 is 0 Å². The number of para-hydroxylation sites is 1. The average molecular weight is 312 g/mol. The van der Waals surface area contributed by atoms with Gasteiger partial charge in [-0.05, 0) is 37.1 Å². The second-order valence-corrected chi connectivity index (χ2v) is 5.83. The quantitative estimate of drug-likeness (QED) is 0.736. The summed E-state index contributed by atoms with van der Waals surface area (Å²) in [6.07, 6.45) is 4.38. The van der Waals surface area contributed by atoms with Gasteiger partial charge in [-0.15, -0.1) is 0 Å². The number of rotatable bonds is 7. The first-order valence-electron chi connectivity index (χ1n) is 8.32. The average Bonchev–Trinajstić information content (AvgIpc) is 2.62. The number of likely N-dealkylation sites (tertiary alicyclic amines) is 1. The van der Waals surface area contributed by atoms with E-state index in [0.717, 1.165) is 43.9 Å². The van der Waals surface area contributed by atoms with Crippen LogP contribution in [0.4, 0.5) is 0 Å². The monoisotopic (exact) mass is 312 g/mol. The van der Waals surface area contributed by atoms with Crippen LogP contribution in [0.15, 0.2) is 54.7 Å². The van der Waals surface area contributed by atoms with Crippen LogP contribution in [0.1, 0.15) is 18.5 Å². The molecule has 0 unspecified atom stereocenters. The molecule has 0 amide bonds. The van der Waals surface area contributed by atoms with E-state index in [4.69, 9.17) is 9.47 Å². The summed E-state index contributed by atoms with van der Waals surface area (Å²) in [6.45, 7) is 4.34. The summed E-state index contributed by atoms with van der Waals surface area (Å²) >= 11 is 0. The maximum absolute atomic E-state index is 5.94. The van der Waals surface area contributed by atoms with Gasteiger partial charge in [0.2, 0.25) is 0 Å². The number of hydrogen-bond acceptors (Lipinski definition) is 4. The van der Waals surface area contributed by atoms with Crippen molar-refractivity contribution >= 4 is 0 Å². The number of piperidine rings is 1. The lowest BCUT2D eigenvalue weighted by molar-refractivity contribution is -0.00596. The van der Waals surface area contributed by atoms with Crippen LogP contribution in [-0.2, 0) is 11.3 Å². The summed E-state index contributed by atoms with van der Waals surface area (Å²) in [7, 11) is 0. The van der Waals surface area contributed by atoms with Gasteiger partial charge in [0.1, 0.15) is 12.4 Å². The van der Waals surface area contributed by atoms with Crippen LogP contribution in [0.25, 0.3) is 0 Å². The van der Waals surface area contributed by atoms with Crippen LogP contribution in [0.3, 0.4) is 0 Å². The molecule has 0 N–H and O–H groups in total. The van der Waals surface area contributed by atoms with E-state index in [1.54, 1.807) is 0 Å². The maximum atomic E-state index is 5.94. The number of benzene rings is 1. The Balaban J connectivity index is 1.30. The zero-order chi connectivity index (χ0) is 15.7. The Morgan fingerprint density at radius 2 is 1.74 bits per heavy atom. The van der Waals surface area contributed by atoms with Crippen molar-refractivity contribution in [2.75, 3.05) is 26.3 Å². The molecule has 1 aromatic carbocycles. The third kappa shape index (κ3) is 5.34. The SMILES string of the molecule is c1ccc(OCCOC2CCN(Cc3ccccn3)CC2)cc1. The zero-order valence-electron chi connectivity index (χ0n) is 13.4. The van der Waals surface area contributed by atoms with Crippen molar-refractivity contribution in [3.63, 3.8) is 0 Å². The third-order valence-electron chi connectivity index (χ3n) is 4.10. The first-order valence-corrected chi connectivity index (χ1v) is 8.32. The molecule has 0 radical (unpaired) electrons. The Bertz CT molecular complexity index is 551. The van der Waals surface area contributed by atoms with Crippen LogP contribution in [0.2, 0.25) is 0 Å². The highest BCUT2D eigenvalue weighted by Gasteiger charge is 2.19. The Kier molecular flexibility index (Phi) is 6.01. The molecule has 3 rings (SSSR count). The van der Waals surface area contributed by atoms with Crippen molar-refractivity contribution in [3.05, 3.63) is 60.4 Å². The fourth-order valence-corrected chi connectivity index (χ4v) is 2.85. The van der Waals surface area contributed by atoms with Gasteiger partial charge < -0.3 is 9.47 Å². The van der Waals surface area contributed by atoms with Crippen molar-refractivity contribution in [1.82, 2.24) is 9.88 Å². The van der Waals surface area contributed by atoms with Crippen molar-refractivity contribution in [2.24, 2.45) is 0 Å². The van der Waals surface area contributed by atoms with Gasteiger partial charge in [-0.2, -0.15) is 0 Å². The van der Waals surface area contributed by atoms with Gasteiger partial charge in [-0.3, -0.25) is 9.88 Å². The standard InChI is InChI=1S/C19H24N2O2/c1-2-7-18(8-3-1)22-14-15-23-19-9-12-21(13-10-19)16-17-6-4-5-11-20-17/h1-8,11,19H,9-10,12-16H2. The summed E-state index contributed by atoms with van der Waals surface area (Å²) in [6, 6.07) is 16.0. The fourth-order valence-electron chi connectivity index (χ4n) is 2.85. The molecule has 0 bridgehead atoms. The normalized spacial score (nSPS) is 16.3. The summed E-state index contributed by atoms with van der Waals surface area (Å²) < 4.78 is 11.6. The second-order valence-electron chi connectivity index (χ2n) is 5.83. The highest BCUT2D eigenvalue weighted by atomic mass is 16.5. The Morgan fingerprint density at radius 3 is 2.48 bits per heavy atom. The van der Waals surface area contributed by atoms with Gasteiger partial charge in [0.25, 0.3) is 0 Å². The molecular weight excluding hydrogens is 288 g/mol. The molecule has 1 fully saturated rings. The first kappa shape index (κ1) is 16.0. The number of aromatic nitrogens is 1. The van der Waals surface area contributed by atoms with Crippen LogP contribution in [0, 0.1) is 0 Å². The van der Waals surface area contributed by atoms with Crippen LogP contribution >= 0.6 is 0 Å². The lowest BCUT2D eigenvalue weighted by Gasteiger charge is -2.31. The molecule has 0 saturated carbocycles. The van der Waals surface area contributed by atoms with Crippen LogP contribution in [-0.4, -0.2) is 42.3 Å². The minimum Gasteiger partial charge on any atom is -0.491 e. The van der Waals surface area contributed by atoms with Crippen LogP contribution < -0.4 is 4.74 Å². The molecule has 1 saturated heterocycles. The van der Waals surface area contributed by atoms with Gasteiger partial charge in [-0.1, -0.05) is 24.3 Å². The van der Waals surface area contributed by atoms with E-state index in [0.29, 0.717) is 19.3 Å². The van der Waals surface area contributed by atoms with E-state index < -0.39 is 0 Å². The number of ether oxygens (including phenoxy) is 2. The van der Waals surface area contributed by atoms with E-state index in [9.17, 15) is 0 Å². The van der Waals surface area contributed by atoms with Crippen molar-refractivity contribution in [2.45, 2.75) is 25.5 Å². The van der Waals surface area contributed by atoms with Crippen molar-refractivity contribution in [3.8, 4) is 5.75 Å². The second kappa shape index (κ2) is 8.65. The number of pyridine rings is 1. The minimum atomic E-state index is 0.356. The summed E-state index contributed by atoms with van der Waals surface area (Å²) in [4.78, 5) is 6.84. The molecule has 0 spiro atoms. The minimum absolute atomic E-state index is 0.356. The van der Waals surface area contributed by atoms with Crippen LogP contribution in [0.5, 0.6) is 5.75 Å². The molecule has 0 atom stereocenters. The molecule has 2 aromatic rings. The molecule has 1 aliphatic rings. The predicted octanol–water partition coefficient (Wildman–Crippen LogP) is 3.14. The highest BCUT2D eigenvalue weighted by molar-refractivity contribution is 5.20. The summed E-state index contributed by atoms with van der Waals surface area (Å²) in [5.41, 5.74) is 1.14. The molecular formula is C19H24N2O2. The zero-order valence-corrected chi connectivity index (χ0v) is 13.4. The molecule has 122 valence electrons. The molecule has 1 aromatic heterocycles. The van der Waals surface area contributed by atoms with Crippen molar-refractivity contribution in [1.29, 1.82) is 0 Å². The van der Waals surface area contributed by atoms with Gasteiger partial charge in [-0.25, -0.2) is 0 Å². The van der Waals surface area contributed by atoms with Gasteiger partial charge in [0.15, 0.2) is 0 Å². The van der Waals surface area contributed by atoms with E-state index in [-0.39, 0.29) is 0 Å². The maximum Gasteiger partial charge on any atom is 0.119 e. The summed E-state index contributed by atoms with van der Waals surface area (Å²) in [5, 5.41) is 0.